The SMILES string of the molecule is O=C(Nc1ccc(F)c(S(=O)(=O)N2CCOCC2)c1)c1sccc1Br. The molecule has 2 aromatic rings. The van der Waals surface area contributed by atoms with Gasteiger partial charge in [-0.3, -0.25) is 4.79 Å². The molecule has 3 rings (SSSR count). The minimum atomic E-state index is -3.99. The summed E-state index contributed by atoms with van der Waals surface area (Å²) >= 11 is 4.50. The molecule has 1 N–H and O–H groups in total. The summed E-state index contributed by atoms with van der Waals surface area (Å²) in [6, 6.07) is 5.23. The second kappa shape index (κ2) is 7.50. The fourth-order valence-electron chi connectivity index (χ4n) is 2.35. The topological polar surface area (TPSA) is 75.7 Å². The van der Waals surface area contributed by atoms with Crippen molar-refractivity contribution in [1.29, 1.82) is 0 Å². The second-order valence-electron chi connectivity index (χ2n) is 5.21. The minimum absolute atomic E-state index is 0.167. The normalized spacial score (nSPS) is 15.9. The van der Waals surface area contributed by atoms with Gasteiger partial charge in [0.2, 0.25) is 10.0 Å². The highest BCUT2D eigenvalue weighted by Gasteiger charge is 2.29. The first-order valence-electron chi connectivity index (χ1n) is 7.31. The Morgan fingerprint density at radius 3 is 2.64 bits per heavy atom. The number of halogens is 2. The maximum absolute atomic E-state index is 14.1. The number of carbonyl (C=O) groups excluding carboxylic acids is 1. The number of carbonyl (C=O) groups is 1. The highest BCUT2D eigenvalue weighted by molar-refractivity contribution is 9.10. The molecule has 10 heteroatoms. The van der Waals surface area contributed by atoms with Gasteiger partial charge in [0.15, 0.2) is 0 Å². The van der Waals surface area contributed by atoms with E-state index in [4.69, 9.17) is 4.74 Å². The summed E-state index contributed by atoms with van der Waals surface area (Å²) in [5.74, 6) is -1.26. The van der Waals surface area contributed by atoms with E-state index in [0.717, 1.165) is 12.1 Å². The maximum atomic E-state index is 14.1. The zero-order valence-corrected chi connectivity index (χ0v) is 16.1. The van der Waals surface area contributed by atoms with Crippen LogP contribution in [0.5, 0.6) is 0 Å². The first-order chi connectivity index (χ1) is 11.9. The summed E-state index contributed by atoms with van der Waals surface area (Å²) < 4.78 is 46.4. The molecule has 1 aromatic carbocycles. The van der Waals surface area contributed by atoms with Crippen LogP contribution >= 0.6 is 27.3 Å². The average molecular weight is 449 g/mol. The molecular formula is C15H14BrFN2O4S2. The number of hydrogen-bond donors (Lipinski definition) is 1. The van der Waals surface area contributed by atoms with Gasteiger partial charge in [0.1, 0.15) is 15.6 Å². The van der Waals surface area contributed by atoms with Crippen molar-refractivity contribution < 1.29 is 22.3 Å². The van der Waals surface area contributed by atoms with Crippen molar-refractivity contribution in [3.05, 3.63) is 44.8 Å². The molecule has 1 aromatic heterocycles. The van der Waals surface area contributed by atoms with Crippen LogP contribution in [-0.4, -0.2) is 44.9 Å². The van der Waals surface area contributed by atoms with Crippen LogP contribution in [0, 0.1) is 5.82 Å². The molecule has 0 saturated carbocycles. The van der Waals surface area contributed by atoms with Crippen molar-refractivity contribution in [2.75, 3.05) is 31.6 Å². The molecular weight excluding hydrogens is 435 g/mol. The van der Waals surface area contributed by atoms with Gasteiger partial charge in [-0.2, -0.15) is 4.31 Å². The van der Waals surface area contributed by atoms with Crippen molar-refractivity contribution in [2.45, 2.75) is 4.90 Å². The van der Waals surface area contributed by atoms with Crippen LogP contribution in [0.1, 0.15) is 9.67 Å². The average Bonchev–Trinajstić information content (AvgIpc) is 3.03. The van der Waals surface area contributed by atoms with Crippen LogP contribution in [0.4, 0.5) is 10.1 Å². The molecule has 0 unspecified atom stereocenters. The molecule has 0 radical (unpaired) electrons. The van der Waals surface area contributed by atoms with Crippen LogP contribution < -0.4 is 5.32 Å². The van der Waals surface area contributed by atoms with Crippen molar-refractivity contribution in [2.24, 2.45) is 0 Å². The monoisotopic (exact) mass is 448 g/mol. The van der Waals surface area contributed by atoms with Gasteiger partial charge in [-0.25, -0.2) is 12.8 Å². The Bertz CT molecular complexity index is 895. The van der Waals surface area contributed by atoms with Gasteiger partial charge in [-0.05, 0) is 45.6 Å². The predicted octanol–water partition coefficient (Wildman–Crippen LogP) is 2.92. The smallest absolute Gasteiger partial charge is 0.266 e. The first-order valence-corrected chi connectivity index (χ1v) is 10.4. The zero-order valence-electron chi connectivity index (χ0n) is 12.9. The van der Waals surface area contributed by atoms with Gasteiger partial charge in [-0.1, -0.05) is 0 Å². The Kier molecular flexibility index (Phi) is 5.54. The van der Waals surface area contributed by atoms with E-state index in [1.165, 1.54) is 21.7 Å². The van der Waals surface area contributed by atoms with Gasteiger partial charge < -0.3 is 10.1 Å². The van der Waals surface area contributed by atoms with Crippen molar-refractivity contribution >= 4 is 48.9 Å². The molecule has 0 spiro atoms. The van der Waals surface area contributed by atoms with Gasteiger partial charge in [-0.15, -0.1) is 11.3 Å². The number of ether oxygens (including phenoxy) is 1. The van der Waals surface area contributed by atoms with Crippen molar-refractivity contribution in [3.8, 4) is 0 Å². The molecule has 1 aliphatic heterocycles. The number of rotatable bonds is 4. The van der Waals surface area contributed by atoms with E-state index in [-0.39, 0.29) is 32.0 Å². The number of nitrogens with zero attached hydrogens (tertiary/aromatic N) is 1. The lowest BCUT2D eigenvalue weighted by Crippen LogP contribution is -2.40. The summed E-state index contributed by atoms with van der Waals surface area (Å²) in [6.45, 7) is 0.869. The molecule has 0 atom stereocenters. The molecule has 1 saturated heterocycles. The Morgan fingerprint density at radius 1 is 1.28 bits per heavy atom. The number of amides is 1. The number of thiophene rings is 1. The van der Waals surface area contributed by atoms with Gasteiger partial charge in [0.25, 0.3) is 5.91 Å². The summed E-state index contributed by atoms with van der Waals surface area (Å²) in [5, 5.41) is 4.34. The molecule has 2 heterocycles. The highest BCUT2D eigenvalue weighted by atomic mass is 79.9. The van der Waals surface area contributed by atoms with Crippen LogP contribution in [0.15, 0.2) is 39.0 Å². The number of benzene rings is 1. The van der Waals surface area contributed by atoms with Crippen molar-refractivity contribution in [1.82, 2.24) is 4.31 Å². The lowest BCUT2D eigenvalue weighted by Gasteiger charge is -2.26. The maximum Gasteiger partial charge on any atom is 0.266 e. The standard InChI is InChI=1S/C15H14BrFN2O4S2/c16-11-3-8-24-14(11)15(20)18-10-1-2-12(17)13(9-10)25(21,22)19-4-6-23-7-5-19/h1-3,8-9H,4-7H2,(H,18,20). The van der Waals surface area contributed by atoms with Crippen molar-refractivity contribution in [3.63, 3.8) is 0 Å². The predicted molar refractivity (Wildman–Crippen MR) is 96.0 cm³/mol. The summed E-state index contributed by atoms with van der Waals surface area (Å²) in [5.41, 5.74) is 0.207. The Balaban J connectivity index is 1.88. The number of morpholine rings is 1. The lowest BCUT2D eigenvalue weighted by molar-refractivity contribution is 0.0729. The van der Waals surface area contributed by atoms with Gasteiger partial charge in [0.05, 0.1) is 13.2 Å². The van der Waals surface area contributed by atoms with E-state index in [2.05, 4.69) is 21.2 Å². The number of nitrogens with one attached hydrogen (secondary N) is 1. The Labute approximate surface area is 156 Å². The number of sulfonamides is 1. The van der Waals surface area contributed by atoms with Gasteiger partial charge >= 0.3 is 0 Å². The molecule has 0 aliphatic carbocycles. The molecule has 1 aliphatic rings. The largest absolute Gasteiger partial charge is 0.379 e. The molecule has 0 bridgehead atoms. The van der Waals surface area contributed by atoms with Crippen LogP contribution in [-0.2, 0) is 14.8 Å². The summed E-state index contributed by atoms with van der Waals surface area (Å²) in [7, 11) is -3.99. The van der Waals surface area contributed by atoms with Crippen LogP contribution in [0.2, 0.25) is 0 Å². The number of anilines is 1. The molecule has 134 valence electrons. The summed E-state index contributed by atoms with van der Waals surface area (Å²) in [6.07, 6.45) is 0. The molecule has 1 amide bonds. The van der Waals surface area contributed by atoms with E-state index in [1.807, 2.05) is 0 Å². The van der Waals surface area contributed by atoms with E-state index >= 15 is 0 Å². The quantitative estimate of drug-likeness (QED) is 0.779. The molecule has 6 nitrogen and oxygen atoms in total. The number of hydrogen-bond acceptors (Lipinski definition) is 5. The van der Waals surface area contributed by atoms with Gasteiger partial charge in [0, 0.05) is 23.2 Å². The van der Waals surface area contributed by atoms with E-state index in [0.29, 0.717) is 9.35 Å². The van der Waals surface area contributed by atoms with Crippen LogP contribution in [0.3, 0.4) is 0 Å². The third-order valence-electron chi connectivity index (χ3n) is 3.60. The summed E-state index contributed by atoms with van der Waals surface area (Å²) in [4.78, 5) is 12.2. The Hall–Kier alpha value is -1.33. The lowest BCUT2D eigenvalue weighted by atomic mass is 10.3. The second-order valence-corrected chi connectivity index (χ2v) is 8.89. The third kappa shape index (κ3) is 3.93. The fourth-order valence-corrected chi connectivity index (χ4v) is 5.29. The third-order valence-corrected chi connectivity index (χ3v) is 7.35. The Morgan fingerprint density at radius 2 is 2.00 bits per heavy atom. The van der Waals surface area contributed by atoms with E-state index in [9.17, 15) is 17.6 Å². The zero-order chi connectivity index (χ0) is 18.0. The van der Waals surface area contributed by atoms with Crippen LogP contribution in [0.25, 0.3) is 0 Å². The fraction of sp³-hybridized carbons (Fsp3) is 0.267. The molecule has 25 heavy (non-hydrogen) atoms. The van der Waals surface area contributed by atoms with E-state index < -0.39 is 26.6 Å². The molecule has 1 fully saturated rings. The minimum Gasteiger partial charge on any atom is -0.379 e. The van der Waals surface area contributed by atoms with E-state index in [1.54, 1.807) is 11.4 Å². The first kappa shape index (κ1) is 18.5. The highest BCUT2D eigenvalue weighted by Crippen LogP contribution is 2.26.